The first-order chi connectivity index (χ1) is 11.2. The molecule has 0 aliphatic heterocycles. The minimum absolute atomic E-state index is 0.0857. The van der Waals surface area contributed by atoms with Gasteiger partial charge in [-0.1, -0.05) is 0 Å². The van der Waals surface area contributed by atoms with E-state index in [1.807, 2.05) is 0 Å². The van der Waals surface area contributed by atoms with Gasteiger partial charge in [0.15, 0.2) is 11.6 Å². The molecule has 0 bridgehead atoms. The molecule has 0 aliphatic carbocycles. The lowest BCUT2D eigenvalue weighted by molar-refractivity contribution is 0.0580. The second kappa shape index (κ2) is 6.79. The fraction of sp³-hybridized carbons (Fsp3) is 0.357. The SMILES string of the molecule is COc1c(-c2ncns2)ccnc1N(C(=O)O)C(=O)OC(C)(C)C. The van der Waals surface area contributed by atoms with E-state index in [0.717, 1.165) is 11.5 Å². The Kier molecular flexibility index (Phi) is 4.98. The molecule has 2 amide bonds. The summed E-state index contributed by atoms with van der Waals surface area (Å²) in [5.41, 5.74) is -0.394. The zero-order chi connectivity index (χ0) is 17.9. The van der Waals surface area contributed by atoms with E-state index in [1.54, 1.807) is 26.8 Å². The molecule has 2 heterocycles. The van der Waals surface area contributed by atoms with Gasteiger partial charge in [-0.3, -0.25) is 0 Å². The number of amides is 2. The van der Waals surface area contributed by atoms with E-state index in [9.17, 15) is 14.7 Å². The van der Waals surface area contributed by atoms with Gasteiger partial charge in [0, 0.05) is 6.20 Å². The van der Waals surface area contributed by atoms with E-state index < -0.39 is 17.8 Å². The summed E-state index contributed by atoms with van der Waals surface area (Å²) in [6, 6.07) is 1.60. The van der Waals surface area contributed by atoms with E-state index >= 15 is 0 Å². The molecular weight excluding hydrogens is 336 g/mol. The van der Waals surface area contributed by atoms with Crippen molar-refractivity contribution in [3.05, 3.63) is 18.6 Å². The standard InChI is InChI=1S/C14H16N4O5S/c1-14(2,3)23-13(21)18(12(19)20)10-9(22-4)8(5-6-15-10)11-16-7-17-24-11/h5-7H,1-4H3,(H,19,20). The van der Waals surface area contributed by atoms with Crippen LogP contribution in [0, 0.1) is 0 Å². The van der Waals surface area contributed by atoms with Crippen LogP contribution in [-0.4, -0.2) is 44.3 Å². The first-order valence-corrected chi connectivity index (χ1v) is 7.58. The molecular formula is C14H16N4O5S. The number of hydrogen-bond donors (Lipinski definition) is 1. The van der Waals surface area contributed by atoms with Gasteiger partial charge < -0.3 is 14.6 Å². The van der Waals surface area contributed by atoms with E-state index in [2.05, 4.69) is 14.3 Å². The van der Waals surface area contributed by atoms with Gasteiger partial charge in [-0.05, 0) is 38.4 Å². The normalized spacial score (nSPS) is 11.0. The Balaban J connectivity index is 2.53. The van der Waals surface area contributed by atoms with Crippen molar-refractivity contribution in [2.24, 2.45) is 0 Å². The highest BCUT2D eigenvalue weighted by molar-refractivity contribution is 7.09. The lowest BCUT2D eigenvalue weighted by atomic mass is 10.2. The molecule has 2 aromatic heterocycles. The van der Waals surface area contributed by atoms with Crippen LogP contribution in [0.15, 0.2) is 18.6 Å². The van der Waals surface area contributed by atoms with Crippen molar-refractivity contribution in [2.45, 2.75) is 26.4 Å². The number of methoxy groups -OCH3 is 1. The number of aromatic nitrogens is 3. The molecule has 24 heavy (non-hydrogen) atoms. The van der Waals surface area contributed by atoms with Crippen molar-refractivity contribution in [1.82, 2.24) is 14.3 Å². The molecule has 2 aromatic rings. The minimum Gasteiger partial charge on any atom is -0.492 e. The van der Waals surface area contributed by atoms with Gasteiger partial charge >= 0.3 is 12.2 Å². The van der Waals surface area contributed by atoms with Gasteiger partial charge in [-0.25, -0.2) is 19.6 Å². The summed E-state index contributed by atoms with van der Waals surface area (Å²) in [4.78, 5) is 32.3. The third-order valence-electron chi connectivity index (χ3n) is 2.66. The highest BCUT2D eigenvalue weighted by Crippen LogP contribution is 2.37. The lowest BCUT2D eigenvalue weighted by Gasteiger charge is -2.25. The van der Waals surface area contributed by atoms with Crippen molar-refractivity contribution in [2.75, 3.05) is 12.0 Å². The maximum atomic E-state index is 12.3. The number of pyridine rings is 1. The van der Waals surface area contributed by atoms with Crippen LogP contribution in [0.5, 0.6) is 5.75 Å². The summed E-state index contributed by atoms with van der Waals surface area (Å²) in [5, 5.41) is 9.94. The monoisotopic (exact) mass is 352 g/mol. The fourth-order valence-corrected chi connectivity index (χ4v) is 2.37. The van der Waals surface area contributed by atoms with Crippen LogP contribution in [0.25, 0.3) is 10.6 Å². The van der Waals surface area contributed by atoms with E-state index in [4.69, 9.17) is 9.47 Å². The van der Waals surface area contributed by atoms with Crippen molar-refractivity contribution in [3.63, 3.8) is 0 Å². The molecule has 0 unspecified atom stereocenters. The molecule has 0 atom stereocenters. The zero-order valence-corrected chi connectivity index (χ0v) is 14.3. The third-order valence-corrected chi connectivity index (χ3v) is 3.36. The van der Waals surface area contributed by atoms with Crippen LogP contribution >= 0.6 is 11.5 Å². The number of carboxylic acid groups (broad SMARTS) is 1. The zero-order valence-electron chi connectivity index (χ0n) is 13.5. The first kappa shape index (κ1) is 17.6. The molecule has 0 fully saturated rings. The predicted molar refractivity (Wildman–Crippen MR) is 86.4 cm³/mol. The molecule has 0 aliphatic rings. The maximum Gasteiger partial charge on any atom is 0.425 e. The number of hydrogen-bond acceptors (Lipinski definition) is 8. The topological polar surface area (TPSA) is 115 Å². The Morgan fingerprint density at radius 3 is 2.50 bits per heavy atom. The van der Waals surface area contributed by atoms with Gasteiger partial charge in [0.2, 0.25) is 0 Å². The van der Waals surface area contributed by atoms with Gasteiger partial charge in [0.1, 0.15) is 16.9 Å². The molecule has 128 valence electrons. The number of imide groups is 1. The predicted octanol–water partition coefficient (Wildman–Crippen LogP) is 3.03. The number of nitrogens with zero attached hydrogens (tertiary/aromatic N) is 4. The molecule has 9 nitrogen and oxygen atoms in total. The van der Waals surface area contributed by atoms with Crippen molar-refractivity contribution < 1.29 is 24.2 Å². The molecule has 0 saturated heterocycles. The Morgan fingerprint density at radius 2 is 2.00 bits per heavy atom. The number of ether oxygens (including phenoxy) is 2. The molecule has 0 radical (unpaired) electrons. The molecule has 2 rings (SSSR count). The smallest absolute Gasteiger partial charge is 0.425 e. The van der Waals surface area contributed by atoms with Gasteiger partial charge in [-0.15, -0.1) is 0 Å². The Morgan fingerprint density at radius 1 is 1.29 bits per heavy atom. The van der Waals surface area contributed by atoms with Crippen LogP contribution in [0.3, 0.4) is 0 Å². The van der Waals surface area contributed by atoms with Gasteiger partial charge in [0.05, 0.1) is 12.7 Å². The summed E-state index contributed by atoms with van der Waals surface area (Å²) < 4.78 is 14.3. The number of carbonyl (C=O) groups is 2. The van der Waals surface area contributed by atoms with Crippen molar-refractivity contribution in [3.8, 4) is 16.3 Å². The third kappa shape index (κ3) is 3.77. The molecule has 10 heteroatoms. The highest BCUT2D eigenvalue weighted by atomic mass is 32.1. The summed E-state index contributed by atoms with van der Waals surface area (Å²) in [6.07, 6.45) is 0.108. The number of anilines is 1. The molecule has 0 aromatic carbocycles. The van der Waals surface area contributed by atoms with Crippen LogP contribution in [0.1, 0.15) is 20.8 Å². The largest absolute Gasteiger partial charge is 0.492 e. The van der Waals surface area contributed by atoms with Crippen LogP contribution in [0.4, 0.5) is 15.4 Å². The highest BCUT2D eigenvalue weighted by Gasteiger charge is 2.33. The Bertz CT molecular complexity index is 742. The summed E-state index contributed by atoms with van der Waals surface area (Å²) in [5.74, 6) is -0.116. The summed E-state index contributed by atoms with van der Waals surface area (Å²) in [6.45, 7) is 4.90. The van der Waals surface area contributed by atoms with E-state index in [-0.39, 0.29) is 11.6 Å². The van der Waals surface area contributed by atoms with Crippen molar-refractivity contribution in [1.29, 1.82) is 0 Å². The van der Waals surface area contributed by atoms with Crippen molar-refractivity contribution >= 4 is 29.5 Å². The molecule has 0 saturated carbocycles. The maximum absolute atomic E-state index is 12.3. The Labute approximate surface area is 142 Å². The first-order valence-electron chi connectivity index (χ1n) is 6.80. The summed E-state index contributed by atoms with van der Waals surface area (Å²) in [7, 11) is 1.35. The summed E-state index contributed by atoms with van der Waals surface area (Å²) >= 11 is 1.10. The average Bonchev–Trinajstić information content (AvgIpc) is 2.98. The molecule has 0 spiro atoms. The number of carbonyl (C=O) groups excluding carboxylic acids is 1. The average molecular weight is 352 g/mol. The van der Waals surface area contributed by atoms with Crippen LogP contribution in [-0.2, 0) is 4.74 Å². The van der Waals surface area contributed by atoms with Crippen LogP contribution < -0.4 is 9.64 Å². The van der Waals surface area contributed by atoms with E-state index in [0.29, 0.717) is 15.5 Å². The minimum atomic E-state index is -1.54. The molecule has 1 N–H and O–H groups in total. The number of rotatable bonds is 3. The van der Waals surface area contributed by atoms with E-state index in [1.165, 1.54) is 19.6 Å². The van der Waals surface area contributed by atoms with Gasteiger partial charge in [0.25, 0.3) is 0 Å². The lowest BCUT2D eigenvalue weighted by Crippen LogP contribution is -2.41. The van der Waals surface area contributed by atoms with Gasteiger partial charge in [-0.2, -0.15) is 9.27 Å². The van der Waals surface area contributed by atoms with Crippen LogP contribution in [0.2, 0.25) is 0 Å². The Hall–Kier alpha value is -2.75. The second-order valence-corrected chi connectivity index (χ2v) is 6.34. The second-order valence-electron chi connectivity index (χ2n) is 5.56. The quantitative estimate of drug-likeness (QED) is 0.896. The fourth-order valence-electron chi connectivity index (χ4n) is 1.82.